The fraction of sp³-hybridized carbons (Fsp3) is 0.240. The molecule has 7 nitrogen and oxygen atoms in total. The van der Waals surface area contributed by atoms with Gasteiger partial charge in [0.25, 0.3) is 5.91 Å². The fourth-order valence-corrected chi connectivity index (χ4v) is 4.87. The van der Waals surface area contributed by atoms with Crippen molar-refractivity contribution in [2.24, 2.45) is 0 Å². The Morgan fingerprint density at radius 2 is 1.89 bits per heavy atom. The van der Waals surface area contributed by atoms with Crippen LogP contribution < -0.4 is 5.32 Å². The quantitative estimate of drug-likeness (QED) is 0.413. The highest BCUT2D eigenvalue weighted by Crippen LogP contribution is 2.38. The minimum Gasteiger partial charge on any atom is -0.472 e. The maximum atomic E-state index is 13.9. The van der Waals surface area contributed by atoms with Crippen LogP contribution in [0.15, 0.2) is 65.6 Å². The van der Waals surface area contributed by atoms with Gasteiger partial charge in [0.2, 0.25) is 5.91 Å². The number of rotatable bonds is 4. The van der Waals surface area contributed by atoms with Crippen LogP contribution in [0.25, 0.3) is 16.8 Å². The van der Waals surface area contributed by atoms with Gasteiger partial charge in [-0.2, -0.15) is 13.2 Å². The summed E-state index contributed by atoms with van der Waals surface area (Å²) < 4.78 is 47.9. The van der Waals surface area contributed by atoms with Gasteiger partial charge in [0, 0.05) is 43.3 Å². The predicted octanol–water partition coefficient (Wildman–Crippen LogP) is 5.01. The van der Waals surface area contributed by atoms with Gasteiger partial charge >= 0.3 is 6.18 Å². The Bertz CT molecular complexity index is 1430. The van der Waals surface area contributed by atoms with E-state index in [1.54, 1.807) is 0 Å². The molecule has 1 aliphatic rings. The highest BCUT2D eigenvalue weighted by atomic mass is 35.5. The van der Waals surface area contributed by atoms with Gasteiger partial charge in [-0.1, -0.05) is 41.9 Å². The predicted molar refractivity (Wildman–Crippen MR) is 126 cm³/mol. The van der Waals surface area contributed by atoms with Crippen LogP contribution in [0, 0.1) is 0 Å². The van der Waals surface area contributed by atoms with E-state index >= 15 is 0 Å². The van der Waals surface area contributed by atoms with Crippen molar-refractivity contribution in [2.45, 2.75) is 25.1 Å². The largest absolute Gasteiger partial charge is 0.472 e. The van der Waals surface area contributed by atoms with Gasteiger partial charge in [-0.05, 0) is 17.7 Å². The molecule has 36 heavy (non-hydrogen) atoms. The van der Waals surface area contributed by atoms with E-state index in [1.807, 2.05) is 30.3 Å². The number of hydrogen-bond acceptors (Lipinski definition) is 4. The lowest BCUT2D eigenvalue weighted by atomic mass is 9.94. The molecule has 0 radical (unpaired) electrons. The van der Waals surface area contributed by atoms with E-state index < -0.39 is 23.3 Å². The van der Waals surface area contributed by atoms with E-state index in [2.05, 4.69) is 10.3 Å². The van der Waals surface area contributed by atoms with Gasteiger partial charge < -0.3 is 14.6 Å². The zero-order valence-corrected chi connectivity index (χ0v) is 19.7. The smallest absolute Gasteiger partial charge is 0.420 e. The van der Waals surface area contributed by atoms with E-state index in [9.17, 15) is 22.8 Å². The number of carbonyl (C=O) groups excluding carboxylic acids is 2. The Hall–Kier alpha value is -3.79. The summed E-state index contributed by atoms with van der Waals surface area (Å²) in [6.07, 6.45) is -0.690. The maximum Gasteiger partial charge on any atom is 0.420 e. The monoisotopic (exact) mass is 516 g/mol. The molecule has 5 rings (SSSR count). The summed E-state index contributed by atoms with van der Waals surface area (Å²) in [6.45, 7) is 1.79. The molecule has 186 valence electrons. The third-order valence-electron chi connectivity index (χ3n) is 6.25. The second-order valence-electron chi connectivity index (χ2n) is 8.63. The zero-order chi connectivity index (χ0) is 25.6. The maximum absolute atomic E-state index is 13.9. The van der Waals surface area contributed by atoms with E-state index in [1.165, 1.54) is 36.6 Å². The molecule has 1 N–H and O–H groups in total. The number of fused-ring (bicyclic) bond motifs is 1. The van der Waals surface area contributed by atoms with Crippen molar-refractivity contribution in [1.82, 2.24) is 19.6 Å². The normalized spacial score (nSPS) is 18.1. The number of hydrogen-bond donors (Lipinski definition) is 1. The van der Waals surface area contributed by atoms with Crippen molar-refractivity contribution in [3.63, 3.8) is 0 Å². The first-order valence-electron chi connectivity index (χ1n) is 11.1. The van der Waals surface area contributed by atoms with Crippen molar-refractivity contribution in [1.29, 1.82) is 0 Å². The summed E-state index contributed by atoms with van der Waals surface area (Å²) in [7, 11) is 0. The van der Waals surface area contributed by atoms with Gasteiger partial charge in [0.05, 0.1) is 24.1 Å². The lowest BCUT2D eigenvalue weighted by Gasteiger charge is -2.18. The Morgan fingerprint density at radius 1 is 1.14 bits per heavy atom. The number of halogens is 4. The topological polar surface area (TPSA) is 79.8 Å². The molecule has 0 spiro atoms. The zero-order valence-electron chi connectivity index (χ0n) is 18.9. The van der Waals surface area contributed by atoms with Gasteiger partial charge in [0.1, 0.15) is 5.15 Å². The molecule has 1 saturated heterocycles. The first-order chi connectivity index (χ1) is 17.1. The molecule has 0 bridgehead atoms. The molecule has 2 unspecified atom stereocenters. The van der Waals surface area contributed by atoms with E-state index in [-0.39, 0.29) is 47.4 Å². The Kier molecular flexibility index (Phi) is 5.99. The number of furan rings is 1. The first-order valence-corrected chi connectivity index (χ1v) is 11.4. The van der Waals surface area contributed by atoms with E-state index in [0.717, 1.165) is 16.0 Å². The summed E-state index contributed by atoms with van der Waals surface area (Å²) in [5, 5.41) is 2.64. The second kappa shape index (κ2) is 9.02. The van der Waals surface area contributed by atoms with Crippen molar-refractivity contribution >= 4 is 29.1 Å². The summed E-state index contributed by atoms with van der Waals surface area (Å²) >= 11 is 6.45. The molecule has 2 atom stereocenters. The van der Waals surface area contributed by atoms with Crippen molar-refractivity contribution in [2.75, 3.05) is 13.1 Å². The highest BCUT2D eigenvalue weighted by Gasteiger charge is 2.40. The number of amides is 2. The summed E-state index contributed by atoms with van der Waals surface area (Å²) in [5.41, 5.74) is -0.234. The van der Waals surface area contributed by atoms with E-state index in [4.69, 9.17) is 16.0 Å². The lowest BCUT2D eigenvalue weighted by molar-refractivity contribution is -0.136. The lowest BCUT2D eigenvalue weighted by Crippen LogP contribution is -2.39. The van der Waals surface area contributed by atoms with Crippen molar-refractivity contribution in [3.05, 3.63) is 83.2 Å². The van der Waals surface area contributed by atoms with Gasteiger partial charge in [-0.25, -0.2) is 4.98 Å². The molecule has 4 heterocycles. The summed E-state index contributed by atoms with van der Waals surface area (Å²) in [5.74, 6) is -1.06. The Labute approximate surface area is 208 Å². The van der Waals surface area contributed by atoms with Gasteiger partial charge in [-0.15, -0.1) is 0 Å². The number of alkyl halides is 3. The van der Waals surface area contributed by atoms with Gasteiger partial charge in [0.15, 0.2) is 11.3 Å². The van der Waals surface area contributed by atoms with Crippen LogP contribution in [0.2, 0.25) is 5.15 Å². The molecule has 2 amide bonds. The molecule has 11 heteroatoms. The number of nitrogens with zero attached hydrogens (tertiary/aromatic N) is 3. The summed E-state index contributed by atoms with van der Waals surface area (Å²) in [6, 6.07) is 11.5. The second-order valence-corrected chi connectivity index (χ2v) is 8.99. The van der Waals surface area contributed by atoms with Crippen LogP contribution >= 0.6 is 11.6 Å². The number of carbonyl (C=O) groups is 2. The molecule has 1 aromatic carbocycles. The number of likely N-dealkylation sites (tertiary alicyclic amines) is 1. The first kappa shape index (κ1) is 23.9. The molecule has 0 saturated carbocycles. The summed E-state index contributed by atoms with van der Waals surface area (Å²) in [4.78, 5) is 30.8. The molecule has 1 aliphatic heterocycles. The number of aromatic nitrogens is 2. The Morgan fingerprint density at radius 3 is 2.53 bits per heavy atom. The molecule has 4 aromatic rings. The number of benzene rings is 1. The molecular weight excluding hydrogens is 497 g/mol. The highest BCUT2D eigenvalue weighted by molar-refractivity contribution is 6.33. The fourth-order valence-electron chi connectivity index (χ4n) is 4.61. The van der Waals surface area contributed by atoms with Crippen LogP contribution in [-0.2, 0) is 11.0 Å². The molecule has 0 aliphatic carbocycles. The average Bonchev–Trinajstić information content (AvgIpc) is 3.57. The standard InChI is InChI=1S/C25H20ClF3N4O3/c1-14(34)30-20-12-32(11-18(20)15-5-3-2-4-6-15)24(35)21-22(26)33-10-17(16-7-8-36-13-16)9-19(23(33)31-21)25(27,28)29/h2-10,13,18,20H,11-12H2,1H3,(H,30,34). The van der Waals surface area contributed by atoms with E-state index in [0.29, 0.717) is 5.56 Å². The van der Waals surface area contributed by atoms with Crippen molar-refractivity contribution in [3.8, 4) is 11.1 Å². The van der Waals surface area contributed by atoms with Crippen LogP contribution in [0.3, 0.4) is 0 Å². The Balaban J connectivity index is 1.55. The molecule has 3 aromatic heterocycles. The number of imidazole rings is 1. The van der Waals surface area contributed by atoms with Crippen LogP contribution in [0.1, 0.15) is 34.5 Å². The van der Waals surface area contributed by atoms with Crippen LogP contribution in [0.4, 0.5) is 13.2 Å². The average molecular weight is 517 g/mol. The number of pyridine rings is 1. The van der Waals surface area contributed by atoms with Crippen molar-refractivity contribution < 1.29 is 27.2 Å². The minimum absolute atomic E-state index is 0.161. The van der Waals surface area contributed by atoms with Crippen LogP contribution in [-0.4, -0.2) is 45.2 Å². The van der Waals surface area contributed by atoms with Crippen LogP contribution in [0.5, 0.6) is 0 Å². The minimum atomic E-state index is -4.74. The molecular formula is C25H20ClF3N4O3. The SMILES string of the molecule is CC(=O)NC1CN(C(=O)c2nc3c(C(F)(F)F)cc(-c4ccoc4)cn3c2Cl)CC1c1ccccc1. The number of nitrogens with one attached hydrogen (secondary N) is 1. The third-order valence-corrected chi connectivity index (χ3v) is 6.61. The van der Waals surface area contributed by atoms with Gasteiger partial charge in [-0.3, -0.25) is 14.0 Å². The molecule has 1 fully saturated rings. The third kappa shape index (κ3) is 4.32.